The maximum atomic E-state index is 10.1. The molecule has 0 amide bonds. The Morgan fingerprint density at radius 3 is 2.75 bits per heavy atom. The van der Waals surface area contributed by atoms with Crippen LogP contribution >= 0.6 is 11.6 Å². The van der Waals surface area contributed by atoms with Gasteiger partial charge >= 0.3 is 0 Å². The van der Waals surface area contributed by atoms with E-state index in [4.69, 9.17) is 11.6 Å². The van der Waals surface area contributed by atoms with E-state index in [0.717, 1.165) is 17.7 Å². The van der Waals surface area contributed by atoms with Gasteiger partial charge in [-0.3, -0.25) is 0 Å². The Hall–Kier alpha value is 0.180. The second kappa shape index (κ2) is 2.65. The molecule has 0 aliphatic heterocycles. The van der Waals surface area contributed by atoms with Gasteiger partial charge in [-0.15, -0.1) is 11.6 Å². The van der Waals surface area contributed by atoms with E-state index in [0.29, 0.717) is 23.1 Å². The van der Waals surface area contributed by atoms with Crippen molar-refractivity contribution in [1.29, 1.82) is 0 Å². The molecule has 0 aromatic carbocycles. The molecular weight excluding hydrogens is 144 g/mol. The van der Waals surface area contributed by atoms with E-state index in [1.165, 1.54) is 0 Å². The summed E-state index contributed by atoms with van der Waals surface area (Å²) < 4.78 is 10.1. The van der Waals surface area contributed by atoms with Crippen molar-refractivity contribution >= 4 is 27.7 Å². The van der Waals surface area contributed by atoms with Crippen molar-refractivity contribution in [2.45, 2.75) is 12.8 Å². The maximum absolute atomic E-state index is 10.1. The largest absolute Gasteiger partial charge is 0.212 e. The van der Waals surface area contributed by atoms with Crippen LogP contribution in [0.25, 0.3) is 0 Å². The van der Waals surface area contributed by atoms with Crippen LogP contribution in [0.2, 0.25) is 0 Å². The normalized spacial score (nSPS) is 27.1. The van der Waals surface area contributed by atoms with E-state index in [1.807, 2.05) is 0 Å². The molecule has 1 fully saturated rings. The number of hydrogen-bond donors (Lipinski definition) is 0. The molecule has 0 heterocycles. The molecule has 0 N–H and O–H groups in total. The van der Waals surface area contributed by atoms with E-state index >= 15 is 0 Å². The Morgan fingerprint density at radius 1 is 1.88 bits per heavy atom. The summed E-state index contributed by atoms with van der Waals surface area (Å²) in [4.78, 5) is 1.04. The molecule has 46 valence electrons. The average molecular weight is 151 g/mol. The number of rotatable bonds is 1. The lowest BCUT2D eigenvalue weighted by atomic mass is 9.87. The fourth-order valence-electron chi connectivity index (χ4n) is 0.739. The van der Waals surface area contributed by atoms with Crippen molar-refractivity contribution < 1.29 is 4.21 Å². The molecule has 0 radical (unpaired) electrons. The van der Waals surface area contributed by atoms with Crippen LogP contribution in [0.15, 0.2) is 0 Å². The van der Waals surface area contributed by atoms with Crippen molar-refractivity contribution in [3.63, 3.8) is 0 Å². The minimum Gasteiger partial charge on any atom is -0.212 e. The minimum atomic E-state index is 0.430. The maximum Gasteiger partial charge on any atom is 0.0879 e. The van der Waals surface area contributed by atoms with Gasteiger partial charge in [-0.1, -0.05) is 0 Å². The van der Waals surface area contributed by atoms with Crippen LogP contribution in [0.5, 0.6) is 0 Å². The van der Waals surface area contributed by atoms with Crippen LogP contribution in [0, 0.1) is 5.92 Å². The fraction of sp³-hybridized carbons (Fsp3) is 0.800. The Kier molecular flexibility index (Phi) is 2.08. The van der Waals surface area contributed by atoms with Crippen molar-refractivity contribution in [2.24, 2.45) is 5.92 Å². The van der Waals surface area contributed by atoms with E-state index in [9.17, 15) is 4.21 Å². The van der Waals surface area contributed by atoms with Gasteiger partial charge in [0, 0.05) is 16.7 Å². The summed E-state index contributed by atoms with van der Waals surface area (Å²) in [5.74, 6) is 1.06. The Bertz CT molecular complexity index is 137. The quantitative estimate of drug-likeness (QED) is 0.403. The van der Waals surface area contributed by atoms with Gasteiger partial charge in [-0.2, -0.15) is 0 Å². The summed E-state index contributed by atoms with van der Waals surface area (Å²) >= 11 is 6.13. The summed E-state index contributed by atoms with van der Waals surface area (Å²) in [6, 6.07) is 0. The molecule has 8 heavy (non-hydrogen) atoms. The highest BCUT2D eigenvalue weighted by Crippen LogP contribution is 2.23. The molecule has 0 saturated heterocycles. The number of hydrogen-bond acceptors (Lipinski definition) is 1. The fourth-order valence-corrected chi connectivity index (χ4v) is 1.71. The average Bonchev–Trinajstić information content (AvgIpc) is 1.66. The standard InChI is InChI=1S/C5H7ClOS/c6-3-4-1-2-5(4)8-7/h4H,1-3H2. The number of halogens is 1. The van der Waals surface area contributed by atoms with Gasteiger partial charge in [0.05, 0.1) is 11.3 Å². The summed E-state index contributed by atoms with van der Waals surface area (Å²) in [5, 5.41) is 0. The van der Waals surface area contributed by atoms with Crippen LogP contribution in [-0.4, -0.2) is 15.0 Å². The molecule has 1 saturated carbocycles. The molecule has 1 aliphatic carbocycles. The molecule has 0 bridgehead atoms. The lowest BCUT2D eigenvalue weighted by molar-refractivity contribution is 0.623. The van der Waals surface area contributed by atoms with Gasteiger partial charge in [-0.05, 0) is 12.8 Å². The molecule has 1 unspecified atom stereocenters. The van der Waals surface area contributed by atoms with Crippen molar-refractivity contribution in [3.8, 4) is 0 Å². The third-order valence-corrected chi connectivity index (χ3v) is 2.61. The highest BCUT2D eigenvalue weighted by Gasteiger charge is 2.23. The lowest BCUT2D eigenvalue weighted by Crippen LogP contribution is -2.26. The van der Waals surface area contributed by atoms with Crippen LogP contribution < -0.4 is 0 Å². The second-order valence-corrected chi connectivity index (χ2v) is 2.94. The predicted octanol–water partition coefficient (Wildman–Crippen LogP) is 1.02. The molecule has 1 atom stereocenters. The smallest absolute Gasteiger partial charge is 0.0879 e. The monoisotopic (exact) mass is 150 g/mol. The number of alkyl halides is 1. The SMILES string of the molecule is O=S=C1CCC1CCl. The Labute approximate surface area is 57.1 Å². The second-order valence-electron chi connectivity index (χ2n) is 1.94. The van der Waals surface area contributed by atoms with Crippen LogP contribution in [0.4, 0.5) is 0 Å². The molecule has 1 nitrogen and oxygen atoms in total. The third-order valence-electron chi connectivity index (χ3n) is 1.49. The highest BCUT2D eigenvalue weighted by atomic mass is 35.5. The van der Waals surface area contributed by atoms with Crippen LogP contribution in [0.3, 0.4) is 0 Å². The van der Waals surface area contributed by atoms with Gasteiger partial charge in [0.1, 0.15) is 0 Å². The van der Waals surface area contributed by atoms with Crippen LogP contribution in [0.1, 0.15) is 12.8 Å². The molecular formula is C5H7ClOS. The molecule has 3 heteroatoms. The first-order chi connectivity index (χ1) is 3.88. The summed E-state index contributed by atoms with van der Waals surface area (Å²) in [6.07, 6.45) is 2.11. The highest BCUT2D eigenvalue weighted by molar-refractivity contribution is 7.66. The lowest BCUT2D eigenvalue weighted by Gasteiger charge is -2.23. The van der Waals surface area contributed by atoms with E-state index < -0.39 is 0 Å². The van der Waals surface area contributed by atoms with Crippen molar-refractivity contribution in [3.05, 3.63) is 0 Å². The zero-order valence-electron chi connectivity index (χ0n) is 4.39. The topological polar surface area (TPSA) is 17.1 Å². The van der Waals surface area contributed by atoms with Crippen molar-refractivity contribution in [1.82, 2.24) is 0 Å². The van der Waals surface area contributed by atoms with Gasteiger partial charge in [0.2, 0.25) is 0 Å². The van der Waals surface area contributed by atoms with E-state index in [-0.39, 0.29) is 0 Å². The van der Waals surface area contributed by atoms with Crippen LogP contribution in [-0.2, 0) is 11.3 Å². The van der Waals surface area contributed by atoms with Gasteiger partial charge in [-0.25, -0.2) is 4.21 Å². The van der Waals surface area contributed by atoms with Gasteiger partial charge in [0.15, 0.2) is 0 Å². The summed E-state index contributed by atoms with van der Waals surface area (Å²) in [5.41, 5.74) is 0. The van der Waals surface area contributed by atoms with E-state index in [1.54, 1.807) is 0 Å². The molecule has 1 aliphatic rings. The minimum absolute atomic E-state index is 0.430. The molecule has 0 spiro atoms. The van der Waals surface area contributed by atoms with Gasteiger partial charge in [0.25, 0.3) is 0 Å². The third kappa shape index (κ3) is 0.955. The Balaban J connectivity index is 2.50. The van der Waals surface area contributed by atoms with Gasteiger partial charge < -0.3 is 0 Å². The molecule has 0 aromatic heterocycles. The summed E-state index contributed by atoms with van der Waals surface area (Å²) in [7, 11) is 0. The first kappa shape index (κ1) is 6.30. The van der Waals surface area contributed by atoms with E-state index in [2.05, 4.69) is 0 Å². The Morgan fingerprint density at radius 2 is 2.62 bits per heavy atom. The van der Waals surface area contributed by atoms with Crippen molar-refractivity contribution in [2.75, 3.05) is 5.88 Å². The molecule has 0 aromatic rings. The summed E-state index contributed by atoms with van der Waals surface area (Å²) in [6.45, 7) is 0. The first-order valence-corrected chi connectivity index (χ1v) is 3.87. The molecule has 1 rings (SSSR count). The predicted molar refractivity (Wildman–Crippen MR) is 36.6 cm³/mol. The first-order valence-electron chi connectivity index (χ1n) is 2.60. The zero-order valence-corrected chi connectivity index (χ0v) is 5.97. The zero-order chi connectivity index (χ0) is 5.98.